The summed E-state index contributed by atoms with van der Waals surface area (Å²) in [5.74, 6) is 1.11. The van der Waals surface area contributed by atoms with Crippen LogP contribution in [0.1, 0.15) is 11.4 Å². The van der Waals surface area contributed by atoms with Crippen LogP contribution in [0.5, 0.6) is 5.75 Å². The van der Waals surface area contributed by atoms with E-state index in [1.807, 2.05) is 16.7 Å². The lowest BCUT2D eigenvalue weighted by Crippen LogP contribution is -2.08. The van der Waals surface area contributed by atoms with Gasteiger partial charge in [0.15, 0.2) is 22.5 Å². The van der Waals surface area contributed by atoms with E-state index >= 15 is 0 Å². The molecule has 7 heteroatoms. The van der Waals surface area contributed by atoms with Gasteiger partial charge in [0.1, 0.15) is 6.61 Å². The lowest BCUT2D eigenvalue weighted by molar-refractivity contribution is 0.275. The van der Waals surface area contributed by atoms with Crippen LogP contribution in [-0.4, -0.2) is 19.7 Å². The number of nitrogens with zero attached hydrogens (tertiary/aromatic N) is 4. The Morgan fingerprint density at radius 1 is 1.07 bits per heavy atom. The topological polar surface area (TPSA) is 52.8 Å². The predicted octanol–water partition coefficient (Wildman–Crippen LogP) is 5.02. The molecule has 0 saturated carbocycles. The quantitative estimate of drug-likeness (QED) is 0.304. The van der Waals surface area contributed by atoms with Crippen molar-refractivity contribution < 1.29 is 9.13 Å². The van der Waals surface area contributed by atoms with Crippen molar-refractivity contribution >= 4 is 22.7 Å². The second-order valence-electron chi connectivity index (χ2n) is 6.30. The summed E-state index contributed by atoms with van der Waals surface area (Å²) in [6.45, 7) is 4.48. The van der Waals surface area contributed by atoms with E-state index in [1.54, 1.807) is 42.2 Å². The Morgan fingerprint density at radius 3 is 2.79 bits per heavy atom. The fourth-order valence-electron chi connectivity index (χ4n) is 2.98. The summed E-state index contributed by atoms with van der Waals surface area (Å²) in [6, 6.07) is 16.4. The lowest BCUT2D eigenvalue weighted by atomic mass is 10.1. The van der Waals surface area contributed by atoms with E-state index < -0.39 is 5.82 Å². The molecule has 2 aromatic heterocycles. The number of hydrogen-bond donors (Lipinski definition) is 0. The fraction of sp³-hybridized carbons (Fsp3) is 0.136. The molecule has 29 heavy (non-hydrogen) atoms. The van der Waals surface area contributed by atoms with Gasteiger partial charge >= 0.3 is 0 Å². The highest BCUT2D eigenvalue weighted by atomic mass is 32.2. The first-order chi connectivity index (χ1) is 14.3. The molecule has 0 unspecified atom stereocenters. The Hall–Kier alpha value is -3.19. The first-order valence-corrected chi connectivity index (χ1v) is 10.1. The first-order valence-electron chi connectivity index (χ1n) is 9.12. The Balaban J connectivity index is 1.52. The van der Waals surface area contributed by atoms with Gasteiger partial charge in [-0.2, -0.15) is 0 Å². The molecule has 146 valence electrons. The molecule has 2 aromatic carbocycles. The smallest absolute Gasteiger partial charge is 0.191 e. The van der Waals surface area contributed by atoms with Crippen LogP contribution in [0.4, 0.5) is 4.39 Å². The van der Waals surface area contributed by atoms with E-state index in [-0.39, 0.29) is 12.4 Å². The highest BCUT2D eigenvalue weighted by Gasteiger charge is 2.14. The number of allylic oxidation sites excluding steroid dienone is 1. The molecule has 0 saturated heterocycles. The van der Waals surface area contributed by atoms with Crippen LogP contribution in [-0.2, 0) is 18.9 Å². The van der Waals surface area contributed by atoms with Crippen LogP contribution in [0.15, 0.2) is 78.6 Å². The van der Waals surface area contributed by atoms with Crippen LogP contribution in [0.2, 0.25) is 0 Å². The van der Waals surface area contributed by atoms with Crippen molar-refractivity contribution in [1.29, 1.82) is 0 Å². The molecule has 0 bridgehead atoms. The molecule has 0 radical (unpaired) electrons. The van der Waals surface area contributed by atoms with E-state index in [4.69, 9.17) is 4.74 Å². The summed E-state index contributed by atoms with van der Waals surface area (Å²) in [7, 11) is 0. The van der Waals surface area contributed by atoms with Crippen molar-refractivity contribution in [3.63, 3.8) is 0 Å². The molecular formula is C22H19FN4OS. The number of aromatic nitrogens is 4. The fourth-order valence-corrected chi connectivity index (χ4v) is 3.93. The molecular weight excluding hydrogens is 387 g/mol. The van der Waals surface area contributed by atoms with Gasteiger partial charge in [-0.3, -0.25) is 9.55 Å². The standard InChI is InChI=1S/C22H19FN4OS/c1-2-13-27-20(14-28-19-11-4-3-10-18(19)23)25-26-22(27)29-15-17-8-5-7-16-9-6-12-24-21(16)17/h2-12H,1,13-15H2. The zero-order chi connectivity index (χ0) is 20.1. The third-order valence-corrected chi connectivity index (χ3v) is 5.39. The predicted molar refractivity (Wildman–Crippen MR) is 112 cm³/mol. The van der Waals surface area contributed by atoms with Crippen LogP contribution >= 0.6 is 11.8 Å². The normalized spacial score (nSPS) is 10.9. The summed E-state index contributed by atoms with van der Waals surface area (Å²) in [5.41, 5.74) is 2.12. The maximum absolute atomic E-state index is 13.8. The number of rotatable bonds is 8. The average molecular weight is 406 g/mol. The Morgan fingerprint density at radius 2 is 1.93 bits per heavy atom. The molecule has 0 aliphatic heterocycles. The number of fused-ring (bicyclic) bond motifs is 1. The number of para-hydroxylation sites is 2. The summed E-state index contributed by atoms with van der Waals surface area (Å²) < 4.78 is 21.3. The maximum atomic E-state index is 13.8. The van der Waals surface area contributed by atoms with Gasteiger partial charge in [-0.1, -0.05) is 54.2 Å². The summed E-state index contributed by atoms with van der Waals surface area (Å²) >= 11 is 1.57. The Labute approximate surface area is 172 Å². The van der Waals surface area contributed by atoms with Crippen molar-refractivity contribution in [1.82, 2.24) is 19.7 Å². The molecule has 5 nitrogen and oxygen atoms in total. The second-order valence-corrected chi connectivity index (χ2v) is 7.24. The van der Waals surface area contributed by atoms with E-state index in [2.05, 4.69) is 40.0 Å². The van der Waals surface area contributed by atoms with Gasteiger partial charge < -0.3 is 4.74 Å². The molecule has 0 amide bonds. The number of thioether (sulfide) groups is 1. The van der Waals surface area contributed by atoms with Crippen LogP contribution < -0.4 is 4.74 Å². The van der Waals surface area contributed by atoms with Crippen LogP contribution in [0.25, 0.3) is 10.9 Å². The highest BCUT2D eigenvalue weighted by Crippen LogP contribution is 2.26. The van der Waals surface area contributed by atoms with Gasteiger partial charge in [0.25, 0.3) is 0 Å². The maximum Gasteiger partial charge on any atom is 0.191 e. The van der Waals surface area contributed by atoms with Crippen LogP contribution in [0, 0.1) is 5.82 Å². The third kappa shape index (κ3) is 4.30. The molecule has 0 spiro atoms. The largest absolute Gasteiger partial charge is 0.483 e. The lowest BCUT2D eigenvalue weighted by Gasteiger charge is -2.10. The minimum atomic E-state index is -0.402. The van der Waals surface area contributed by atoms with Gasteiger partial charge in [-0.15, -0.1) is 16.8 Å². The van der Waals surface area contributed by atoms with Crippen molar-refractivity contribution in [3.8, 4) is 5.75 Å². The van der Waals surface area contributed by atoms with E-state index in [1.165, 1.54) is 6.07 Å². The minimum Gasteiger partial charge on any atom is -0.483 e. The number of ether oxygens (including phenoxy) is 1. The molecule has 4 aromatic rings. The van der Waals surface area contributed by atoms with Crippen molar-refractivity contribution in [2.45, 2.75) is 24.1 Å². The molecule has 0 aliphatic carbocycles. The number of halogens is 1. The first kappa shape index (κ1) is 19.1. The van der Waals surface area contributed by atoms with Gasteiger partial charge in [0.05, 0.1) is 5.52 Å². The summed E-state index contributed by atoms with van der Waals surface area (Å²) in [5, 5.41) is 10.4. The van der Waals surface area contributed by atoms with E-state index in [0.29, 0.717) is 18.1 Å². The summed E-state index contributed by atoms with van der Waals surface area (Å²) in [4.78, 5) is 4.50. The van der Waals surface area contributed by atoms with E-state index in [9.17, 15) is 4.39 Å². The molecule has 0 N–H and O–H groups in total. The van der Waals surface area contributed by atoms with Gasteiger partial charge in [-0.25, -0.2) is 4.39 Å². The molecule has 0 fully saturated rings. The minimum absolute atomic E-state index is 0.123. The monoisotopic (exact) mass is 406 g/mol. The second kappa shape index (κ2) is 8.87. The average Bonchev–Trinajstić information content (AvgIpc) is 3.13. The van der Waals surface area contributed by atoms with E-state index in [0.717, 1.165) is 21.6 Å². The molecule has 0 aliphatic rings. The van der Waals surface area contributed by atoms with Gasteiger partial charge in [0, 0.05) is 23.9 Å². The molecule has 4 rings (SSSR count). The Bertz CT molecular complexity index is 1140. The van der Waals surface area contributed by atoms with Gasteiger partial charge in [0.2, 0.25) is 0 Å². The number of benzene rings is 2. The number of pyridine rings is 1. The SMILES string of the molecule is C=CCn1c(COc2ccccc2F)nnc1SCc1cccc2cccnc12. The van der Waals surface area contributed by atoms with Crippen molar-refractivity contribution in [2.24, 2.45) is 0 Å². The zero-order valence-electron chi connectivity index (χ0n) is 15.7. The van der Waals surface area contributed by atoms with Crippen molar-refractivity contribution in [3.05, 3.63) is 90.7 Å². The van der Waals surface area contributed by atoms with Crippen molar-refractivity contribution in [2.75, 3.05) is 0 Å². The Kier molecular flexibility index (Phi) is 5.86. The summed E-state index contributed by atoms with van der Waals surface area (Å²) in [6.07, 6.45) is 3.58. The number of hydrogen-bond acceptors (Lipinski definition) is 5. The highest BCUT2D eigenvalue weighted by molar-refractivity contribution is 7.98. The zero-order valence-corrected chi connectivity index (χ0v) is 16.5. The molecule has 2 heterocycles. The van der Waals surface area contributed by atoms with Crippen LogP contribution in [0.3, 0.4) is 0 Å². The third-order valence-electron chi connectivity index (χ3n) is 4.37. The molecule has 0 atom stereocenters. The van der Waals surface area contributed by atoms with Gasteiger partial charge in [-0.05, 0) is 23.8 Å².